The zero-order valence-electron chi connectivity index (χ0n) is 15.4. The van der Waals surface area contributed by atoms with E-state index in [-0.39, 0.29) is 11.7 Å². The van der Waals surface area contributed by atoms with Crippen LogP contribution in [0.2, 0.25) is 0 Å². The molecule has 0 unspecified atom stereocenters. The lowest BCUT2D eigenvalue weighted by Gasteiger charge is -2.22. The number of rotatable bonds is 4. The van der Waals surface area contributed by atoms with E-state index in [0.29, 0.717) is 17.2 Å². The molecule has 1 fully saturated rings. The van der Waals surface area contributed by atoms with Crippen molar-refractivity contribution in [3.8, 4) is 11.4 Å². The highest BCUT2D eigenvalue weighted by atomic mass is 16.1. The van der Waals surface area contributed by atoms with Crippen molar-refractivity contribution < 1.29 is 9.59 Å². The van der Waals surface area contributed by atoms with E-state index in [0.717, 1.165) is 35.3 Å². The topological polar surface area (TPSA) is 74.8 Å². The summed E-state index contributed by atoms with van der Waals surface area (Å²) in [6.07, 6.45) is 5.81. The predicted molar refractivity (Wildman–Crippen MR) is 106 cm³/mol. The van der Waals surface area contributed by atoms with Gasteiger partial charge in [0.15, 0.2) is 5.78 Å². The number of hydrogen-bond donors (Lipinski definition) is 2. The maximum atomic E-state index is 12.4. The zero-order chi connectivity index (χ0) is 18.8. The smallest absolute Gasteiger partial charge is 0.251 e. The number of nitrogens with one attached hydrogen (secondary N) is 2. The minimum atomic E-state index is -0.0100. The Morgan fingerprint density at radius 1 is 1.00 bits per heavy atom. The molecule has 0 bridgehead atoms. The molecule has 1 aromatic heterocycles. The van der Waals surface area contributed by atoms with Crippen LogP contribution >= 0.6 is 0 Å². The first-order valence-corrected chi connectivity index (χ1v) is 9.52. The van der Waals surface area contributed by atoms with Crippen LogP contribution in [0.5, 0.6) is 0 Å². The van der Waals surface area contributed by atoms with E-state index < -0.39 is 0 Å². The number of imidazole rings is 1. The molecule has 1 heterocycles. The SMILES string of the molecule is CC(=O)c1ccc2nc(-c3ccc(C(=O)NC4CCCCC4)cc3)[nH]c2c1. The van der Waals surface area contributed by atoms with E-state index >= 15 is 0 Å². The van der Waals surface area contributed by atoms with E-state index in [2.05, 4.69) is 15.3 Å². The molecular weight excluding hydrogens is 338 g/mol. The number of amides is 1. The Morgan fingerprint density at radius 2 is 1.70 bits per heavy atom. The lowest BCUT2D eigenvalue weighted by molar-refractivity contribution is 0.0927. The van der Waals surface area contributed by atoms with E-state index in [4.69, 9.17) is 0 Å². The molecule has 0 spiro atoms. The van der Waals surface area contributed by atoms with Crippen LogP contribution in [0.4, 0.5) is 0 Å². The second kappa shape index (κ2) is 7.35. The number of Topliss-reactive ketones (excluding diaryl/α,β-unsaturated/α-hetero) is 1. The van der Waals surface area contributed by atoms with Crippen LogP contribution in [0.3, 0.4) is 0 Å². The highest BCUT2D eigenvalue weighted by molar-refractivity contribution is 5.97. The van der Waals surface area contributed by atoms with Crippen molar-refractivity contribution in [1.29, 1.82) is 0 Å². The standard InChI is InChI=1S/C22H23N3O2/c1-14(26)17-11-12-19-20(13-17)25-21(24-19)15-7-9-16(10-8-15)22(27)23-18-5-3-2-4-6-18/h7-13,18H,2-6H2,1H3,(H,23,27)(H,24,25). The van der Waals surface area contributed by atoms with Crippen molar-refractivity contribution in [2.24, 2.45) is 0 Å². The molecule has 1 saturated carbocycles. The summed E-state index contributed by atoms with van der Waals surface area (Å²) in [5.41, 5.74) is 3.88. The van der Waals surface area contributed by atoms with Crippen molar-refractivity contribution in [2.45, 2.75) is 45.1 Å². The van der Waals surface area contributed by atoms with Crippen molar-refractivity contribution in [1.82, 2.24) is 15.3 Å². The summed E-state index contributed by atoms with van der Waals surface area (Å²) in [7, 11) is 0. The van der Waals surface area contributed by atoms with Gasteiger partial charge < -0.3 is 10.3 Å². The van der Waals surface area contributed by atoms with Gasteiger partial charge in [-0.05, 0) is 50.1 Å². The van der Waals surface area contributed by atoms with Gasteiger partial charge in [-0.25, -0.2) is 4.98 Å². The number of carbonyl (C=O) groups is 2. The van der Waals surface area contributed by atoms with Crippen LogP contribution in [-0.2, 0) is 0 Å². The average molecular weight is 361 g/mol. The third-order valence-corrected chi connectivity index (χ3v) is 5.25. The second-order valence-electron chi connectivity index (χ2n) is 7.26. The fourth-order valence-electron chi connectivity index (χ4n) is 3.66. The summed E-state index contributed by atoms with van der Waals surface area (Å²) in [6.45, 7) is 1.55. The Bertz CT molecular complexity index is 982. The van der Waals surface area contributed by atoms with Gasteiger partial charge in [-0.15, -0.1) is 0 Å². The molecule has 5 heteroatoms. The molecule has 4 rings (SSSR count). The monoisotopic (exact) mass is 361 g/mol. The van der Waals surface area contributed by atoms with Gasteiger partial charge in [0.2, 0.25) is 0 Å². The molecule has 1 aliphatic rings. The van der Waals surface area contributed by atoms with Gasteiger partial charge in [0.25, 0.3) is 5.91 Å². The number of aromatic amines is 1. The maximum Gasteiger partial charge on any atom is 0.251 e. The molecule has 0 aliphatic heterocycles. The Kier molecular flexibility index (Phi) is 4.75. The molecule has 5 nitrogen and oxygen atoms in total. The molecule has 0 saturated heterocycles. The Morgan fingerprint density at radius 3 is 2.41 bits per heavy atom. The molecule has 2 aromatic carbocycles. The number of ketones is 1. The maximum absolute atomic E-state index is 12.4. The quantitative estimate of drug-likeness (QED) is 0.672. The lowest BCUT2D eigenvalue weighted by atomic mass is 9.95. The van der Waals surface area contributed by atoms with Crippen molar-refractivity contribution in [2.75, 3.05) is 0 Å². The van der Waals surface area contributed by atoms with Gasteiger partial charge in [-0.2, -0.15) is 0 Å². The van der Waals surface area contributed by atoms with Gasteiger partial charge in [-0.3, -0.25) is 9.59 Å². The first-order chi connectivity index (χ1) is 13.1. The van der Waals surface area contributed by atoms with Crippen LogP contribution in [-0.4, -0.2) is 27.7 Å². The third-order valence-electron chi connectivity index (χ3n) is 5.25. The molecule has 0 atom stereocenters. The summed E-state index contributed by atoms with van der Waals surface area (Å²) in [6, 6.07) is 13.2. The van der Waals surface area contributed by atoms with Crippen LogP contribution in [0, 0.1) is 0 Å². The van der Waals surface area contributed by atoms with Crippen LogP contribution < -0.4 is 5.32 Å². The van der Waals surface area contributed by atoms with Crippen LogP contribution in [0.25, 0.3) is 22.4 Å². The largest absolute Gasteiger partial charge is 0.349 e. The minimum Gasteiger partial charge on any atom is -0.349 e. The zero-order valence-corrected chi connectivity index (χ0v) is 15.4. The van der Waals surface area contributed by atoms with E-state index in [1.165, 1.54) is 19.3 Å². The Labute approximate surface area is 158 Å². The number of aromatic nitrogens is 2. The summed E-state index contributed by atoms with van der Waals surface area (Å²) in [4.78, 5) is 31.8. The van der Waals surface area contributed by atoms with Gasteiger partial charge in [0.1, 0.15) is 5.82 Å². The van der Waals surface area contributed by atoms with E-state index in [9.17, 15) is 9.59 Å². The number of H-pyrrole nitrogens is 1. The number of benzene rings is 2. The van der Waals surface area contributed by atoms with Crippen molar-refractivity contribution >= 4 is 22.7 Å². The van der Waals surface area contributed by atoms with E-state index in [1.807, 2.05) is 36.4 Å². The molecule has 27 heavy (non-hydrogen) atoms. The lowest BCUT2D eigenvalue weighted by Crippen LogP contribution is -2.36. The Hall–Kier alpha value is -2.95. The number of fused-ring (bicyclic) bond motifs is 1. The highest BCUT2D eigenvalue weighted by Gasteiger charge is 2.17. The number of nitrogens with zero attached hydrogens (tertiary/aromatic N) is 1. The van der Waals surface area contributed by atoms with Crippen molar-refractivity contribution in [3.63, 3.8) is 0 Å². The number of hydrogen-bond acceptors (Lipinski definition) is 3. The van der Waals surface area contributed by atoms with Crippen molar-refractivity contribution in [3.05, 3.63) is 53.6 Å². The fourth-order valence-corrected chi connectivity index (χ4v) is 3.66. The van der Waals surface area contributed by atoms with Crippen LogP contribution in [0.1, 0.15) is 59.7 Å². The second-order valence-corrected chi connectivity index (χ2v) is 7.26. The fraction of sp³-hybridized carbons (Fsp3) is 0.318. The molecule has 2 N–H and O–H groups in total. The highest BCUT2D eigenvalue weighted by Crippen LogP contribution is 2.22. The molecule has 0 radical (unpaired) electrons. The molecular formula is C22H23N3O2. The Balaban J connectivity index is 1.52. The van der Waals surface area contributed by atoms with Gasteiger partial charge in [-0.1, -0.05) is 31.4 Å². The minimum absolute atomic E-state index is 0.0100. The van der Waals surface area contributed by atoms with Crippen LogP contribution in [0.15, 0.2) is 42.5 Å². The summed E-state index contributed by atoms with van der Waals surface area (Å²) in [5, 5.41) is 3.14. The van der Waals surface area contributed by atoms with E-state index in [1.54, 1.807) is 13.0 Å². The first kappa shape index (κ1) is 17.5. The molecule has 3 aromatic rings. The average Bonchev–Trinajstić information content (AvgIpc) is 3.12. The third kappa shape index (κ3) is 3.77. The summed E-state index contributed by atoms with van der Waals surface area (Å²) >= 11 is 0. The first-order valence-electron chi connectivity index (χ1n) is 9.52. The van der Waals surface area contributed by atoms with Gasteiger partial charge in [0.05, 0.1) is 11.0 Å². The van der Waals surface area contributed by atoms with Gasteiger partial charge in [0, 0.05) is 22.7 Å². The molecule has 1 amide bonds. The normalized spacial score (nSPS) is 15.0. The number of carbonyl (C=O) groups excluding carboxylic acids is 2. The summed E-state index contributed by atoms with van der Waals surface area (Å²) < 4.78 is 0. The molecule has 138 valence electrons. The predicted octanol–water partition coefficient (Wildman–Crippen LogP) is 4.50. The summed E-state index contributed by atoms with van der Waals surface area (Å²) in [5.74, 6) is 0.746. The van der Waals surface area contributed by atoms with Gasteiger partial charge >= 0.3 is 0 Å². The molecule has 1 aliphatic carbocycles.